The normalized spacial score (nSPS) is 11.1. The average molecular weight is 417 g/mol. The number of anilines is 1. The van der Waals surface area contributed by atoms with Crippen LogP contribution in [0.15, 0.2) is 35.3 Å². The average Bonchev–Trinajstić information content (AvgIpc) is 3.03. The molecule has 0 aliphatic carbocycles. The molecule has 2 heterocycles. The second kappa shape index (κ2) is 8.76. The summed E-state index contributed by atoms with van der Waals surface area (Å²) in [7, 11) is 0. The Bertz CT molecular complexity index is 1110. The van der Waals surface area contributed by atoms with Gasteiger partial charge in [-0.3, -0.25) is 9.89 Å². The number of carboxylic acid groups (broad SMARTS) is 1. The number of aryl methyl sites for hydroxylation is 1. The maximum Gasteiger partial charge on any atom is 1.00 e. The molecule has 29 heavy (non-hydrogen) atoms. The summed E-state index contributed by atoms with van der Waals surface area (Å²) in [6.45, 7) is 0. The predicted octanol–water partition coefficient (Wildman–Crippen LogP) is -2.62. The molecular weight excluding hydrogens is 406 g/mol. The number of nitrogens with zero attached hydrogens (tertiary/aromatic N) is 3. The maximum atomic E-state index is 12.8. The van der Waals surface area contributed by atoms with Crippen LogP contribution in [0.3, 0.4) is 0 Å². The molecule has 0 radical (unpaired) electrons. The molecule has 9 nitrogen and oxygen atoms in total. The van der Waals surface area contributed by atoms with E-state index in [4.69, 9.17) is 0 Å². The topological polar surface area (TPSA) is 132 Å². The van der Waals surface area contributed by atoms with Crippen molar-refractivity contribution in [2.75, 3.05) is 5.32 Å². The number of aromatic carboxylic acids is 1. The Kier molecular flexibility index (Phi) is 6.82. The van der Waals surface area contributed by atoms with Crippen molar-refractivity contribution < 1.29 is 57.4 Å². The molecule has 0 saturated heterocycles. The van der Waals surface area contributed by atoms with Crippen LogP contribution in [0, 0.1) is 0 Å². The molecule has 0 aliphatic heterocycles. The Morgan fingerprint density at radius 1 is 1.17 bits per heavy atom. The first kappa shape index (κ1) is 22.6. The van der Waals surface area contributed by atoms with E-state index in [1.165, 1.54) is 30.5 Å². The number of H-pyrrole nitrogens is 1. The van der Waals surface area contributed by atoms with Crippen molar-refractivity contribution in [3.8, 4) is 0 Å². The largest absolute Gasteiger partial charge is 1.00 e. The monoisotopic (exact) mass is 417 g/mol. The van der Waals surface area contributed by atoms with Crippen molar-refractivity contribution >= 4 is 23.2 Å². The third kappa shape index (κ3) is 5.22. The molecule has 0 bridgehead atoms. The van der Waals surface area contributed by atoms with Crippen molar-refractivity contribution in [1.82, 2.24) is 19.6 Å². The van der Waals surface area contributed by atoms with Crippen molar-refractivity contribution in [3.63, 3.8) is 0 Å². The van der Waals surface area contributed by atoms with Gasteiger partial charge in [-0.05, 0) is 24.1 Å². The Labute approximate surface area is 182 Å². The van der Waals surface area contributed by atoms with Crippen LogP contribution in [0.4, 0.5) is 18.9 Å². The van der Waals surface area contributed by atoms with Crippen molar-refractivity contribution in [1.29, 1.82) is 0 Å². The zero-order valence-electron chi connectivity index (χ0n) is 14.9. The smallest absolute Gasteiger partial charge is 0.545 e. The third-order valence-corrected chi connectivity index (χ3v) is 3.75. The number of fused-ring (bicyclic) bond motifs is 1. The fourth-order valence-electron chi connectivity index (χ4n) is 2.42. The van der Waals surface area contributed by atoms with Gasteiger partial charge < -0.3 is 15.2 Å². The van der Waals surface area contributed by atoms with E-state index in [9.17, 15) is 32.7 Å². The van der Waals surface area contributed by atoms with Crippen LogP contribution >= 0.6 is 0 Å². The Hall–Kier alpha value is -2.70. The van der Waals surface area contributed by atoms with E-state index >= 15 is 0 Å². The molecular formula is C16H11F3N5NaO4. The van der Waals surface area contributed by atoms with Gasteiger partial charge in [0.25, 0.3) is 0 Å². The van der Waals surface area contributed by atoms with Gasteiger partial charge in [-0.1, -0.05) is 12.1 Å². The summed E-state index contributed by atoms with van der Waals surface area (Å²) < 4.78 is 39.1. The molecule has 3 aromatic rings. The van der Waals surface area contributed by atoms with Crippen LogP contribution < -0.4 is 45.7 Å². The number of amides is 1. The summed E-state index contributed by atoms with van der Waals surface area (Å²) in [6.07, 6.45) is -3.72. The first-order valence-electron chi connectivity index (χ1n) is 7.80. The van der Waals surface area contributed by atoms with E-state index in [0.717, 1.165) is 4.52 Å². The number of aromatic nitrogens is 4. The van der Waals surface area contributed by atoms with Gasteiger partial charge in [-0.15, -0.1) is 0 Å². The summed E-state index contributed by atoms with van der Waals surface area (Å²) >= 11 is 0. The minimum absolute atomic E-state index is 0. The fourth-order valence-corrected chi connectivity index (χ4v) is 2.42. The van der Waals surface area contributed by atoms with Crippen LogP contribution in [-0.2, 0) is 17.4 Å². The number of nitrogens with one attached hydrogen (secondary N) is 2. The van der Waals surface area contributed by atoms with Crippen molar-refractivity contribution in [3.05, 3.63) is 57.9 Å². The summed E-state index contributed by atoms with van der Waals surface area (Å²) in [6, 6.07) is 5.26. The number of benzene rings is 1. The van der Waals surface area contributed by atoms with Gasteiger partial charge in [0.1, 0.15) is 0 Å². The molecule has 13 heteroatoms. The van der Waals surface area contributed by atoms with Gasteiger partial charge in [-0.25, -0.2) is 9.78 Å². The molecule has 3 rings (SSSR count). The fraction of sp³-hybridized carbons (Fsp3) is 0.188. The number of carbonyl (C=O) groups excluding carboxylic acids is 2. The number of hydrogen-bond donors (Lipinski definition) is 2. The first-order valence-corrected chi connectivity index (χ1v) is 7.80. The quantitative estimate of drug-likeness (QED) is 0.437. The van der Waals surface area contributed by atoms with E-state index < -0.39 is 29.6 Å². The van der Waals surface area contributed by atoms with E-state index in [2.05, 4.69) is 20.4 Å². The second-order valence-electron chi connectivity index (χ2n) is 5.70. The SMILES string of the molecule is O=C(CCc1c[nH]n2c(=O)nc(C(F)(F)F)nc12)Nc1ccc(C(=O)[O-])cc1.[Na+]. The molecule has 146 valence electrons. The van der Waals surface area contributed by atoms with Gasteiger partial charge >= 0.3 is 41.4 Å². The molecule has 0 saturated carbocycles. The van der Waals surface area contributed by atoms with E-state index in [1.807, 2.05) is 0 Å². The third-order valence-electron chi connectivity index (χ3n) is 3.75. The van der Waals surface area contributed by atoms with Crippen LogP contribution in [-0.4, -0.2) is 31.5 Å². The second-order valence-corrected chi connectivity index (χ2v) is 5.70. The molecule has 0 aliphatic rings. The first-order chi connectivity index (χ1) is 13.1. The zero-order valence-corrected chi connectivity index (χ0v) is 16.9. The number of alkyl halides is 3. The Morgan fingerprint density at radius 2 is 1.83 bits per heavy atom. The number of rotatable bonds is 5. The molecule has 2 N–H and O–H groups in total. The maximum absolute atomic E-state index is 12.8. The summed E-state index contributed by atoms with van der Waals surface area (Å²) in [5.41, 5.74) is -0.916. The van der Waals surface area contributed by atoms with Gasteiger partial charge in [0, 0.05) is 23.9 Å². The van der Waals surface area contributed by atoms with Gasteiger partial charge in [0.2, 0.25) is 11.7 Å². The number of aromatic amines is 1. The molecule has 0 spiro atoms. The van der Waals surface area contributed by atoms with Crippen molar-refractivity contribution in [2.45, 2.75) is 19.0 Å². The number of carboxylic acids is 1. The molecule has 1 aromatic carbocycles. The van der Waals surface area contributed by atoms with Crippen LogP contribution in [0.2, 0.25) is 0 Å². The van der Waals surface area contributed by atoms with Gasteiger partial charge in [-0.2, -0.15) is 22.7 Å². The zero-order chi connectivity index (χ0) is 20.5. The molecule has 0 unspecified atom stereocenters. The van der Waals surface area contributed by atoms with Gasteiger partial charge in [0.05, 0.1) is 5.97 Å². The number of hydrogen-bond acceptors (Lipinski definition) is 6. The molecule has 0 fully saturated rings. The molecule has 2 aromatic heterocycles. The van der Waals surface area contributed by atoms with E-state index in [1.54, 1.807) is 0 Å². The van der Waals surface area contributed by atoms with E-state index in [-0.39, 0.29) is 59.2 Å². The molecule has 0 atom stereocenters. The summed E-state index contributed by atoms with van der Waals surface area (Å²) in [5.74, 6) is -3.38. The number of carbonyl (C=O) groups is 2. The summed E-state index contributed by atoms with van der Waals surface area (Å²) in [5, 5.41) is 15.6. The summed E-state index contributed by atoms with van der Waals surface area (Å²) in [4.78, 5) is 40.6. The number of halogens is 3. The van der Waals surface area contributed by atoms with Crippen molar-refractivity contribution in [2.24, 2.45) is 0 Å². The standard InChI is InChI=1S/C16H12F3N5O4.Na/c17-16(18,19)14-22-12-9(7-20-24(12)15(28)23-14)3-6-11(25)21-10-4-1-8(2-5-10)13(26)27;/h1-2,4-5,7,20H,3,6H2,(H,21,25)(H,26,27);/q;+1/p-1. The van der Waals surface area contributed by atoms with E-state index in [0.29, 0.717) is 5.69 Å². The van der Waals surface area contributed by atoms with Gasteiger partial charge in [0.15, 0.2) is 5.65 Å². The van der Waals surface area contributed by atoms with Crippen LogP contribution in [0.5, 0.6) is 0 Å². The minimum atomic E-state index is -4.88. The predicted molar refractivity (Wildman–Crippen MR) is 86.3 cm³/mol. The molecule has 1 amide bonds. The minimum Gasteiger partial charge on any atom is -0.545 e. The Balaban J connectivity index is 0.00000300. The van der Waals surface area contributed by atoms with Crippen LogP contribution in [0.25, 0.3) is 5.65 Å². The Morgan fingerprint density at radius 3 is 2.41 bits per heavy atom. The van der Waals surface area contributed by atoms with Crippen LogP contribution in [0.1, 0.15) is 28.2 Å².